The second-order valence-electron chi connectivity index (χ2n) is 9.69. The summed E-state index contributed by atoms with van der Waals surface area (Å²) in [6.45, 7) is 6.22. The first kappa shape index (κ1) is 33.8. The Balaban J connectivity index is 0. The first-order valence-electron chi connectivity index (χ1n) is 14.2. The summed E-state index contributed by atoms with van der Waals surface area (Å²) in [6, 6.07) is 0. The van der Waals surface area contributed by atoms with Crippen LogP contribution in [0.1, 0.15) is 180 Å². The van der Waals surface area contributed by atoms with Gasteiger partial charge in [-0.1, -0.05) is 174 Å². The molecule has 0 bridgehead atoms. The topological polar surface area (TPSA) is 0 Å². The maximum absolute atomic E-state index is 3.92. The van der Waals surface area contributed by atoms with Crippen molar-refractivity contribution >= 4 is 0 Å². The van der Waals surface area contributed by atoms with Crippen LogP contribution in [0.4, 0.5) is 0 Å². The van der Waals surface area contributed by atoms with Crippen molar-refractivity contribution in [2.45, 2.75) is 180 Å². The molecule has 0 aliphatic carbocycles. The molecule has 0 saturated carbocycles. The molecule has 0 nitrogen and oxygen atoms in total. The third kappa shape index (κ3) is 31.8. The van der Waals surface area contributed by atoms with Gasteiger partial charge in [-0.2, -0.15) is 6.42 Å². The minimum atomic E-state index is 0. The van der Waals surface area contributed by atoms with E-state index < -0.39 is 0 Å². The van der Waals surface area contributed by atoms with Crippen molar-refractivity contribution in [1.29, 1.82) is 0 Å². The summed E-state index contributed by atoms with van der Waals surface area (Å²) in [5, 5.41) is 0. The van der Waals surface area contributed by atoms with Crippen LogP contribution in [0.2, 0.25) is 0 Å². The largest absolute Gasteiger partial charge is 1.00 e. The van der Waals surface area contributed by atoms with E-state index in [-0.39, 0.29) is 51.4 Å². The van der Waals surface area contributed by atoms with Gasteiger partial charge in [-0.15, -0.1) is 0 Å². The molecular weight excluding hydrogens is 387 g/mol. The van der Waals surface area contributed by atoms with E-state index in [1.807, 2.05) is 0 Å². The Morgan fingerprint density at radius 3 is 0.633 bits per heavy atom. The average Bonchev–Trinajstić information content (AvgIpc) is 2.74. The Kier molecular flexibility index (Phi) is 37.0. The Morgan fingerprint density at radius 1 is 0.300 bits per heavy atom. The zero-order chi connectivity index (χ0) is 21.1. The quantitative estimate of drug-likeness (QED) is 0.0711. The summed E-state index contributed by atoms with van der Waals surface area (Å²) in [7, 11) is 0. The van der Waals surface area contributed by atoms with E-state index in [1.165, 1.54) is 167 Å². The average molecular weight is 447 g/mol. The molecule has 30 heavy (non-hydrogen) atoms. The number of unbranched alkanes of at least 4 members (excludes halogenated alkanes) is 26. The smallest absolute Gasteiger partial charge is 0.343 e. The van der Waals surface area contributed by atoms with Gasteiger partial charge in [-0.25, -0.2) is 0 Å². The predicted octanol–water partition coefficient (Wildman–Crippen LogP) is 8.38. The molecule has 0 heterocycles. The summed E-state index contributed by atoms with van der Waals surface area (Å²) in [6.07, 6.45) is 39.3. The summed E-state index contributed by atoms with van der Waals surface area (Å²) in [4.78, 5) is 0. The molecule has 0 aromatic carbocycles. The van der Waals surface area contributed by atoms with Gasteiger partial charge in [0, 0.05) is 0 Å². The summed E-state index contributed by atoms with van der Waals surface area (Å²) < 4.78 is 0. The van der Waals surface area contributed by atoms with Crippen LogP contribution in [0, 0.1) is 6.92 Å². The van der Waals surface area contributed by atoms with Gasteiger partial charge < -0.3 is 6.92 Å². The van der Waals surface area contributed by atoms with Crippen LogP contribution in [0.3, 0.4) is 0 Å². The minimum Gasteiger partial charge on any atom is -0.343 e. The van der Waals surface area contributed by atoms with E-state index in [1.54, 1.807) is 0 Å². The minimum absolute atomic E-state index is 0. The molecule has 0 radical (unpaired) electrons. The standard InChI is InChI=1S/C29H59.K/c1-3-5-7-9-11-13-15-17-19-21-23-25-27-29-28-26-24-22-20-18-16-14-12-10-8-6-4-2;/h1,3-29H2,2H3;/q-1;+1. The fraction of sp³-hybridized carbons (Fsp3) is 0.966. The summed E-state index contributed by atoms with van der Waals surface area (Å²) >= 11 is 0. The number of hydrogen-bond acceptors (Lipinski definition) is 0. The summed E-state index contributed by atoms with van der Waals surface area (Å²) in [5.41, 5.74) is 0. The molecule has 0 atom stereocenters. The van der Waals surface area contributed by atoms with E-state index in [2.05, 4.69) is 13.8 Å². The zero-order valence-electron chi connectivity index (χ0n) is 21.8. The van der Waals surface area contributed by atoms with Gasteiger partial charge in [0.15, 0.2) is 0 Å². The van der Waals surface area contributed by atoms with Crippen molar-refractivity contribution in [2.75, 3.05) is 0 Å². The maximum Gasteiger partial charge on any atom is 1.00 e. The zero-order valence-corrected chi connectivity index (χ0v) is 24.9. The third-order valence-electron chi connectivity index (χ3n) is 6.60. The van der Waals surface area contributed by atoms with E-state index >= 15 is 0 Å². The van der Waals surface area contributed by atoms with Crippen molar-refractivity contribution in [3.8, 4) is 0 Å². The first-order valence-corrected chi connectivity index (χ1v) is 14.2. The van der Waals surface area contributed by atoms with Gasteiger partial charge in [0.05, 0.1) is 0 Å². The van der Waals surface area contributed by atoms with Crippen LogP contribution in [0.5, 0.6) is 0 Å². The van der Waals surface area contributed by atoms with E-state index in [0.29, 0.717) is 0 Å². The second-order valence-corrected chi connectivity index (χ2v) is 9.69. The van der Waals surface area contributed by atoms with Crippen LogP contribution >= 0.6 is 0 Å². The number of hydrogen-bond donors (Lipinski definition) is 0. The fourth-order valence-corrected chi connectivity index (χ4v) is 4.49. The Morgan fingerprint density at radius 2 is 0.467 bits per heavy atom. The molecule has 0 saturated heterocycles. The molecular formula is C29H59K. The van der Waals surface area contributed by atoms with Crippen molar-refractivity contribution in [2.24, 2.45) is 0 Å². The van der Waals surface area contributed by atoms with Crippen molar-refractivity contribution in [1.82, 2.24) is 0 Å². The molecule has 176 valence electrons. The van der Waals surface area contributed by atoms with Gasteiger partial charge in [0.1, 0.15) is 0 Å². The first-order chi connectivity index (χ1) is 14.4. The molecule has 0 aliphatic rings. The summed E-state index contributed by atoms with van der Waals surface area (Å²) in [5.74, 6) is 0. The van der Waals surface area contributed by atoms with Crippen LogP contribution in [0.25, 0.3) is 0 Å². The molecule has 0 amide bonds. The molecule has 1 heteroatoms. The molecule has 0 fully saturated rings. The van der Waals surface area contributed by atoms with Crippen molar-refractivity contribution < 1.29 is 51.4 Å². The van der Waals surface area contributed by atoms with Gasteiger partial charge in [-0.05, 0) is 0 Å². The molecule has 0 aliphatic heterocycles. The monoisotopic (exact) mass is 446 g/mol. The van der Waals surface area contributed by atoms with Gasteiger partial charge in [0.25, 0.3) is 0 Å². The van der Waals surface area contributed by atoms with Crippen LogP contribution < -0.4 is 51.4 Å². The van der Waals surface area contributed by atoms with Crippen LogP contribution in [-0.4, -0.2) is 0 Å². The molecule has 0 aromatic heterocycles. The Bertz CT molecular complexity index is 237. The van der Waals surface area contributed by atoms with E-state index in [4.69, 9.17) is 0 Å². The number of rotatable bonds is 26. The van der Waals surface area contributed by atoms with Gasteiger partial charge in [-0.3, -0.25) is 0 Å². The molecule has 0 rings (SSSR count). The molecule has 0 N–H and O–H groups in total. The van der Waals surface area contributed by atoms with Gasteiger partial charge in [0.2, 0.25) is 0 Å². The Labute approximate surface area is 236 Å². The SMILES string of the molecule is [CH2-]CCCCCCCCCCCCCCCCCCCCCCCCCCCC.[K+]. The Hall–Kier alpha value is 1.64. The van der Waals surface area contributed by atoms with E-state index in [0.717, 1.165) is 6.42 Å². The molecule has 0 aromatic rings. The van der Waals surface area contributed by atoms with Crippen LogP contribution in [-0.2, 0) is 0 Å². The van der Waals surface area contributed by atoms with E-state index in [9.17, 15) is 0 Å². The van der Waals surface area contributed by atoms with Crippen molar-refractivity contribution in [3.63, 3.8) is 0 Å². The van der Waals surface area contributed by atoms with Gasteiger partial charge >= 0.3 is 51.4 Å². The second kappa shape index (κ2) is 32.8. The van der Waals surface area contributed by atoms with Crippen LogP contribution in [0.15, 0.2) is 0 Å². The molecule has 0 unspecified atom stereocenters. The predicted molar refractivity (Wildman–Crippen MR) is 136 cm³/mol. The normalized spacial score (nSPS) is 11.0. The molecule has 0 spiro atoms. The fourth-order valence-electron chi connectivity index (χ4n) is 4.49. The third-order valence-corrected chi connectivity index (χ3v) is 6.60. The van der Waals surface area contributed by atoms with Crippen molar-refractivity contribution in [3.05, 3.63) is 6.92 Å². The maximum atomic E-state index is 3.92.